The first-order valence-electron chi connectivity index (χ1n) is 1.82. The van der Waals surface area contributed by atoms with Crippen LogP contribution in [0, 0.1) is 0 Å². The third-order valence-corrected chi connectivity index (χ3v) is 9.33. The predicted molar refractivity (Wildman–Crippen MR) is 53.8 cm³/mol. The van der Waals surface area contributed by atoms with E-state index in [4.69, 9.17) is 4.55 Å². The third-order valence-electron chi connectivity index (χ3n) is 0.598. The fourth-order valence-electron chi connectivity index (χ4n) is 0.113. The average molecular weight is 426 g/mol. The highest BCUT2D eigenvalue weighted by molar-refractivity contribution is 9.31. The first-order chi connectivity index (χ1) is 4.19. The van der Waals surface area contributed by atoms with E-state index in [1.165, 1.54) is 0 Å². The summed E-state index contributed by atoms with van der Waals surface area (Å²) in [6.07, 6.45) is 0. The van der Waals surface area contributed by atoms with Crippen molar-refractivity contribution in [3.8, 4) is 0 Å². The second-order valence-corrected chi connectivity index (χ2v) is 10.6. The summed E-state index contributed by atoms with van der Waals surface area (Å²) in [7, 11) is -4.16. The largest absolute Gasteiger partial charge is 0.293 e. The van der Waals surface area contributed by atoms with Gasteiger partial charge in [0.05, 0.1) is 0 Å². The van der Waals surface area contributed by atoms with Gasteiger partial charge in [0.2, 0.25) is 2.57 Å². The van der Waals surface area contributed by atoms with Crippen molar-refractivity contribution in [2.24, 2.45) is 0 Å². The first kappa shape index (κ1) is 11.8. The monoisotopic (exact) mass is 422 g/mol. The van der Waals surface area contributed by atoms with Crippen LogP contribution >= 0.6 is 63.7 Å². The lowest BCUT2D eigenvalue weighted by Gasteiger charge is -2.17. The van der Waals surface area contributed by atoms with Crippen LogP contribution in [-0.2, 0) is 10.1 Å². The Morgan fingerprint density at radius 1 is 1.30 bits per heavy atom. The molecule has 0 aromatic carbocycles. The molecule has 0 aromatic rings. The molecule has 0 fully saturated rings. The molecule has 0 aliphatic carbocycles. The standard InChI is InChI=1S/C2H2Br4O3S/c3-1(4)2(5,6)10(7,8)9/h1H,(H,7,8,9). The molecule has 0 saturated heterocycles. The molecular formula is C2H2Br4O3S. The predicted octanol–water partition coefficient (Wildman–Crippen LogP) is 2.43. The molecule has 0 aromatic heterocycles. The zero-order valence-corrected chi connectivity index (χ0v) is 11.4. The SMILES string of the molecule is O=S(=O)(O)C(Br)(Br)C(Br)Br. The van der Waals surface area contributed by atoms with Gasteiger partial charge >= 0.3 is 0 Å². The van der Waals surface area contributed by atoms with E-state index in [9.17, 15) is 8.42 Å². The van der Waals surface area contributed by atoms with Gasteiger partial charge in [0.25, 0.3) is 10.1 Å². The van der Waals surface area contributed by atoms with Crippen LogP contribution in [0.1, 0.15) is 0 Å². The van der Waals surface area contributed by atoms with Crippen molar-refractivity contribution in [2.45, 2.75) is 6.30 Å². The minimum Gasteiger partial charge on any atom is -0.284 e. The lowest BCUT2D eigenvalue weighted by atomic mass is 11.0. The van der Waals surface area contributed by atoms with Crippen molar-refractivity contribution in [1.29, 1.82) is 0 Å². The van der Waals surface area contributed by atoms with E-state index in [1.807, 2.05) is 0 Å². The zero-order chi connectivity index (χ0) is 8.58. The molecular weight excluding hydrogens is 424 g/mol. The lowest BCUT2D eigenvalue weighted by molar-refractivity contribution is 0.480. The molecule has 1 N–H and O–H groups in total. The molecule has 8 heteroatoms. The van der Waals surface area contributed by atoms with Crippen molar-refractivity contribution < 1.29 is 13.0 Å². The van der Waals surface area contributed by atoms with Gasteiger partial charge in [-0.2, -0.15) is 8.42 Å². The Hall–Kier alpha value is 1.83. The van der Waals surface area contributed by atoms with Gasteiger partial charge in [0, 0.05) is 0 Å². The number of hydrogen-bond donors (Lipinski definition) is 1. The summed E-state index contributed by atoms with van der Waals surface area (Å²) in [4.78, 5) is 0. The van der Waals surface area contributed by atoms with E-state index >= 15 is 0 Å². The van der Waals surface area contributed by atoms with Gasteiger partial charge in [0.15, 0.2) is 0 Å². The van der Waals surface area contributed by atoms with Crippen molar-refractivity contribution in [1.82, 2.24) is 0 Å². The number of rotatable bonds is 2. The normalized spacial score (nSPS) is 14.2. The first-order valence-corrected chi connectivity index (χ1v) is 6.68. The van der Waals surface area contributed by atoms with Crippen LogP contribution in [0.3, 0.4) is 0 Å². The second kappa shape index (κ2) is 3.69. The molecule has 0 amide bonds. The van der Waals surface area contributed by atoms with Crippen LogP contribution < -0.4 is 0 Å². The number of halogens is 4. The van der Waals surface area contributed by atoms with Gasteiger partial charge in [-0.25, -0.2) is 0 Å². The second-order valence-electron chi connectivity index (χ2n) is 1.34. The highest BCUT2D eigenvalue weighted by Gasteiger charge is 2.43. The van der Waals surface area contributed by atoms with Gasteiger partial charge in [-0.3, -0.25) is 4.55 Å². The minimum atomic E-state index is -4.16. The minimum absolute atomic E-state index is 0.623. The van der Waals surface area contributed by atoms with Gasteiger partial charge in [0.1, 0.15) is 3.74 Å². The Kier molecular flexibility index (Phi) is 4.37. The van der Waals surface area contributed by atoms with Crippen molar-refractivity contribution in [2.75, 3.05) is 0 Å². The maximum absolute atomic E-state index is 10.5. The van der Waals surface area contributed by atoms with Crippen molar-refractivity contribution in [3.05, 3.63) is 0 Å². The molecule has 0 bridgehead atoms. The van der Waals surface area contributed by atoms with Gasteiger partial charge in [-0.05, 0) is 0 Å². The molecule has 0 aliphatic heterocycles. The molecule has 0 saturated carbocycles. The van der Waals surface area contributed by atoms with E-state index in [1.54, 1.807) is 0 Å². The summed E-state index contributed by atoms with van der Waals surface area (Å²) < 4.78 is 27.3. The maximum atomic E-state index is 10.5. The quantitative estimate of drug-likeness (QED) is 0.546. The van der Waals surface area contributed by atoms with Crippen LogP contribution in [0.2, 0.25) is 0 Å². The Morgan fingerprint density at radius 3 is 1.60 bits per heavy atom. The Balaban J connectivity index is 4.76. The molecule has 0 unspecified atom stereocenters. The van der Waals surface area contributed by atoms with Crippen LogP contribution in [-0.4, -0.2) is 19.3 Å². The summed E-state index contributed by atoms with van der Waals surface area (Å²) in [5.74, 6) is 0. The average Bonchev–Trinajstić information content (AvgIpc) is 1.62. The third kappa shape index (κ3) is 2.71. The molecule has 62 valence electrons. The highest BCUT2D eigenvalue weighted by Crippen LogP contribution is 2.42. The van der Waals surface area contributed by atoms with Gasteiger partial charge in [-0.1, -0.05) is 63.7 Å². The van der Waals surface area contributed by atoms with E-state index in [0.717, 1.165) is 0 Å². The molecule has 0 rings (SSSR count). The molecule has 3 nitrogen and oxygen atoms in total. The van der Waals surface area contributed by atoms with Crippen LogP contribution in [0.4, 0.5) is 0 Å². The van der Waals surface area contributed by atoms with Gasteiger partial charge < -0.3 is 0 Å². The molecule has 10 heavy (non-hydrogen) atoms. The lowest BCUT2D eigenvalue weighted by Crippen LogP contribution is -2.30. The van der Waals surface area contributed by atoms with Crippen molar-refractivity contribution >= 4 is 73.8 Å². The van der Waals surface area contributed by atoms with E-state index < -0.39 is 16.4 Å². The van der Waals surface area contributed by atoms with E-state index in [0.29, 0.717) is 0 Å². The molecule has 0 heterocycles. The Morgan fingerprint density at radius 2 is 1.60 bits per heavy atom. The molecule has 0 aliphatic rings. The molecule has 0 radical (unpaired) electrons. The van der Waals surface area contributed by atoms with Crippen LogP contribution in [0.15, 0.2) is 0 Å². The Bertz CT molecular complexity index is 207. The van der Waals surface area contributed by atoms with E-state index in [-0.39, 0.29) is 0 Å². The number of alkyl halides is 4. The number of hydrogen-bond acceptors (Lipinski definition) is 2. The summed E-state index contributed by atoms with van der Waals surface area (Å²) >= 11 is 11.3. The molecule has 0 atom stereocenters. The maximum Gasteiger partial charge on any atom is 0.293 e. The van der Waals surface area contributed by atoms with Crippen molar-refractivity contribution in [3.63, 3.8) is 0 Å². The summed E-state index contributed by atoms with van der Waals surface area (Å²) in [5, 5.41) is 0. The fourth-order valence-corrected chi connectivity index (χ4v) is 1.75. The highest BCUT2D eigenvalue weighted by atomic mass is 79.9. The van der Waals surface area contributed by atoms with E-state index in [2.05, 4.69) is 63.7 Å². The fraction of sp³-hybridized carbons (Fsp3) is 1.00. The topological polar surface area (TPSA) is 54.4 Å². The summed E-state index contributed by atoms with van der Waals surface area (Å²) in [5.41, 5.74) is 0. The Labute approximate surface area is 92.2 Å². The zero-order valence-electron chi connectivity index (χ0n) is 4.26. The van der Waals surface area contributed by atoms with Gasteiger partial charge in [-0.15, -0.1) is 0 Å². The van der Waals surface area contributed by atoms with Crippen LogP contribution in [0.25, 0.3) is 0 Å². The summed E-state index contributed by atoms with van der Waals surface area (Å²) in [6.45, 7) is 0. The molecule has 0 spiro atoms. The van der Waals surface area contributed by atoms with Crippen LogP contribution in [0.5, 0.6) is 0 Å². The summed E-state index contributed by atoms with van der Waals surface area (Å²) in [6, 6.07) is 0. The smallest absolute Gasteiger partial charge is 0.284 e.